The van der Waals surface area contributed by atoms with E-state index in [0.717, 1.165) is 0 Å². The van der Waals surface area contributed by atoms with E-state index in [4.69, 9.17) is 10.5 Å². The summed E-state index contributed by atoms with van der Waals surface area (Å²) in [7, 11) is 0. The highest BCUT2D eigenvalue weighted by molar-refractivity contribution is 5.75. The summed E-state index contributed by atoms with van der Waals surface area (Å²) in [5.41, 5.74) is 4.44. The van der Waals surface area contributed by atoms with E-state index >= 15 is 0 Å². The van der Waals surface area contributed by atoms with Crippen molar-refractivity contribution in [1.82, 2.24) is 0 Å². The lowest BCUT2D eigenvalue weighted by atomic mass is 9.97. The maximum atomic E-state index is 11.2. The second kappa shape index (κ2) is 4.84. The van der Waals surface area contributed by atoms with Crippen LogP contribution in [0.3, 0.4) is 0 Å². The normalized spacial score (nSPS) is 11.0. The molecule has 76 valence electrons. The zero-order chi connectivity index (χ0) is 10.5. The molecule has 13 heavy (non-hydrogen) atoms. The third kappa shape index (κ3) is 6.13. The monoisotopic (exact) mass is 187 g/mol. The highest BCUT2D eigenvalue weighted by atomic mass is 16.5. The molecule has 0 rings (SSSR count). The van der Waals surface area contributed by atoms with Gasteiger partial charge < -0.3 is 10.5 Å². The molecule has 0 aliphatic carbocycles. The Balaban J connectivity index is 3.55. The SMILES string of the molecule is CC(C)(C)C(=O)OCCCC(N)=O. The molecule has 0 saturated carbocycles. The maximum absolute atomic E-state index is 11.2. The van der Waals surface area contributed by atoms with Crippen LogP contribution in [0.2, 0.25) is 0 Å². The van der Waals surface area contributed by atoms with Gasteiger partial charge in [-0.05, 0) is 27.2 Å². The van der Waals surface area contributed by atoms with Gasteiger partial charge in [0.25, 0.3) is 0 Å². The molecule has 0 heterocycles. The molecule has 0 aliphatic heterocycles. The van der Waals surface area contributed by atoms with Gasteiger partial charge >= 0.3 is 5.97 Å². The molecule has 1 amide bonds. The fourth-order valence-corrected chi connectivity index (χ4v) is 0.628. The first-order valence-corrected chi connectivity index (χ1v) is 4.29. The van der Waals surface area contributed by atoms with Crippen molar-refractivity contribution in [2.24, 2.45) is 11.1 Å². The van der Waals surface area contributed by atoms with Crippen molar-refractivity contribution >= 4 is 11.9 Å². The van der Waals surface area contributed by atoms with Crippen LogP contribution in [0.4, 0.5) is 0 Å². The predicted molar refractivity (Wildman–Crippen MR) is 48.8 cm³/mol. The highest BCUT2D eigenvalue weighted by Gasteiger charge is 2.22. The van der Waals surface area contributed by atoms with E-state index in [2.05, 4.69) is 0 Å². The van der Waals surface area contributed by atoms with E-state index in [0.29, 0.717) is 6.42 Å². The van der Waals surface area contributed by atoms with Crippen molar-refractivity contribution in [1.29, 1.82) is 0 Å². The second-order valence-electron chi connectivity index (χ2n) is 3.96. The van der Waals surface area contributed by atoms with Gasteiger partial charge in [-0.3, -0.25) is 9.59 Å². The number of nitrogens with two attached hydrogens (primary N) is 1. The molecular weight excluding hydrogens is 170 g/mol. The van der Waals surface area contributed by atoms with Crippen LogP contribution in [-0.4, -0.2) is 18.5 Å². The molecule has 0 saturated heterocycles. The summed E-state index contributed by atoms with van der Waals surface area (Å²) in [6.07, 6.45) is 0.759. The fraction of sp³-hybridized carbons (Fsp3) is 0.778. The van der Waals surface area contributed by atoms with Gasteiger partial charge in [-0.2, -0.15) is 0 Å². The zero-order valence-electron chi connectivity index (χ0n) is 8.42. The van der Waals surface area contributed by atoms with Crippen molar-refractivity contribution < 1.29 is 14.3 Å². The van der Waals surface area contributed by atoms with E-state index in [1.165, 1.54) is 0 Å². The molecule has 0 fully saturated rings. The van der Waals surface area contributed by atoms with E-state index in [1.54, 1.807) is 20.8 Å². The summed E-state index contributed by atoms with van der Waals surface area (Å²) in [5.74, 6) is -0.622. The first-order chi connectivity index (χ1) is 5.84. The van der Waals surface area contributed by atoms with Crippen LogP contribution in [0.5, 0.6) is 0 Å². The molecule has 0 aromatic rings. The Hall–Kier alpha value is -1.06. The van der Waals surface area contributed by atoms with Gasteiger partial charge in [0, 0.05) is 6.42 Å². The molecule has 0 bridgehead atoms. The average Bonchev–Trinajstić information content (AvgIpc) is 1.95. The maximum Gasteiger partial charge on any atom is 0.311 e. The minimum atomic E-state index is -0.479. The Bertz CT molecular complexity index is 194. The van der Waals surface area contributed by atoms with Gasteiger partial charge in [0.1, 0.15) is 0 Å². The lowest BCUT2D eigenvalue weighted by molar-refractivity contribution is -0.153. The number of rotatable bonds is 4. The van der Waals surface area contributed by atoms with E-state index < -0.39 is 5.41 Å². The zero-order valence-corrected chi connectivity index (χ0v) is 8.42. The number of primary amides is 1. The lowest BCUT2D eigenvalue weighted by Crippen LogP contribution is -2.23. The molecule has 0 atom stereocenters. The van der Waals surface area contributed by atoms with E-state index in [1.807, 2.05) is 0 Å². The van der Waals surface area contributed by atoms with Crippen molar-refractivity contribution in [2.45, 2.75) is 33.6 Å². The summed E-state index contributed by atoms with van der Waals surface area (Å²) in [6.45, 7) is 5.61. The third-order valence-electron chi connectivity index (χ3n) is 1.41. The first kappa shape index (κ1) is 11.9. The largest absolute Gasteiger partial charge is 0.465 e. The fourth-order valence-electron chi connectivity index (χ4n) is 0.628. The summed E-state index contributed by atoms with van der Waals surface area (Å²) in [4.78, 5) is 21.5. The molecule has 2 N–H and O–H groups in total. The molecule has 0 unspecified atom stereocenters. The molecule has 4 heteroatoms. The number of carbonyl (C=O) groups excluding carboxylic acids is 2. The smallest absolute Gasteiger partial charge is 0.311 e. The minimum absolute atomic E-state index is 0.253. The van der Waals surface area contributed by atoms with E-state index in [9.17, 15) is 9.59 Å². The number of hydrogen-bond acceptors (Lipinski definition) is 3. The molecule has 0 spiro atoms. The average molecular weight is 187 g/mol. The predicted octanol–water partition coefficient (Wildman–Crippen LogP) is 0.841. The third-order valence-corrected chi connectivity index (χ3v) is 1.41. The standard InChI is InChI=1S/C9H17NO3/c1-9(2,3)8(12)13-6-4-5-7(10)11/h4-6H2,1-3H3,(H2,10,11). The van der Waals surface area contributed by atoms with E-state index in [-0.39, 0.29) is 24.9 Å². The highest BCUT2D eigenvalue weighted by Crippen LogP contribution is 2.15. The summed E-state index contributed by atoms with van der Waals surface area (Å²) >= 11 is 0. The Labute approximate surface area is 78.4 Å². The van der Waals surface area contributed by atoms with Crippen LogP contribution in [0.15, 0.2) is 0 Å². The number of amides is 1. The van der Waals surface area contributed by atoms with Crippen LogP contribution < -0.4 is 5.73 Å². The number of carbonyl (C=O) groups is 2. The van der Waals surface area contributed by atoms with Crippen molar-refractivity contribution in [3.63, 3.8) is 0 Å². The van der Waals surface area contributed by atoms with Gasteiger partial charge in [0.2, 0.25) is 5.91 Å². The topological polar surface area (TPSA) is 69.4 Å². The second-order valence-corrected chi connectivity index (χ2v) is 3.96. The quantitative estimate of drug-likeness (QED) is 0.523. The minimum Gasteiger partial charge on any atom is -0.465 e. The van der Waals surface area contributed by atoms with Crippen LogP contribution in [-0.2, 0) is 14.3 Å². The van der Waals surface area contributed by atoms with Gasteiger partial charge in [-0.1, -0.05) is 0 Å². The molecule has 0 aromatic heterocycles. The Morgan fingerprint density at radius 3 is 2.23 bits per heavy atom. The molecular formula is C9H17NO3. The lowest BCUT2D eigenvalue weighted by Gasteiger charge is -2.16. The van der Waals surface area contributed by atoms with Gasteiger partial charge in [0.15, 0.2) is 0 Å². The van der Waals surface area contributed by atoms with Crippen molar-refractivity contribution in [2.75, 3.05) is 6.61 Å². The number of hydrogen-bond donors (Lipinski definition) is 1. The van der Waals surface area contributed by atoms with Crippen LogP contribution in [0.25, 0.3) is 0 Å². The molecule has 0 aromatic carbocycles. The van der Waals surface area contributed by atoms with Gasteiger partial charge in [-0.25, -0.2) is 0 Å². The Morgan fingerprint density at radius 1 is 1.31 bits per heavy atom. The van der Waals surface area contributed by atoms with Crippen molar-refractivity contribution in [3.8, 4) is 0 Å². The molecule has 0 radical (unpaired) electrons. The van der Waals surface area contributed by atoms with Crippen LogP contribution >= 0.6 is 0 Å². The Kier molecular flexibility index (Phi) is 4.45. The van der Waals surface area contributed by atoms with Crippen LogP contribution in [0.1, 0.15) is 33.6 Å². The summed E-state index contributed by atoms with van der Waals surface area (Å²) in [5, 5.41) is 0. The summed E-state index contributed by atoms with van der Waals surface area (Å²) in [6, 6.07) is 0. The van der Waals surface area contributed by atoms with Crippen molar-refractivity contribution in [3.05, 3.63) is 0 Å². The van der Waals surface area contributed by atoms with Gasteiger partial charge in [-0.15, -0.1) is 0 Å². The number of ether oxygens (including phenoxy) is 1. The number of esters is 1. The Morgan fingerprint density at radius 2 is 1.85 bits per heavy atom. The molecule has 4 nitrogen and oxygen atoms in total. The van der Waals surface area contributed by atoms with Gasteiger partial charge in [0.05, 0.1) is 12.0 Å². The van der Waals surface area contributed by atoms with Crippen LogP contribution in [0, 0.1) is 5.41 Å². The summed E-state index contributed by atoms with van der Waals surface area (Å²) < 4.78 is 4.91. The molecule has 0 aliphatic rings. The first-order valence-electron chi connectivity index (χ1n) is 4.29.